The molecule has 3 nitrogen and oxygen atoms in total. The molecule has 3 heteroatoms. The van der Waals surface area contributed by atoms with Crippen LogP contribution < -0.4 is 10.2 Å². The first kappa shape index (κ1) is 22.2. The molecule has 0 radical (unpaired) electrons. The van der Waals surface area contributed by atoms with Gasteiger partial charge in [0.2, 0.25) is 5.88 Å². The molecule has 0 fully saturated rings. The Bertz CT molecular complexity index is 1650. The van der Waals surface area contributed by atoms with Crippen LogP contribution in [0.5, 0.6) is 0 Å². The molecule has 0 bridgehead atoms. The van der Waals surface area contributed by atoms with E-state index >= 15 is 0 Å². The summed E-state index contributed by atoms with van der Waals surface area (Å²) >= 11 is 0. The van der Waals surface area contributed by atoms with Gasteiger partial charge in [0.1, 0.15) is 5.58 Å². The van der Waals surface area contributed by atoms with Crippen molar-refractivity contribution < 1.29 is 4.42 Å². The SMILES string of the molecule is C1=C(N(c2ccc(-c3ccccc3)cc2)c2ccc(-c3ccccc3)cc2)c2c(oc3ccccc23)NC1. The highest BCUT2D eigenvalue weighted by Gasteiger charge is 2.26. The lowest BCUT2D eigenvalue weighted by molar-refractivity contribution is 0.627. The Morgan fingerprint density at radius 1 is 0.526 bits per heavy atom. The Morgan fingerprint density at radius 2 is 1.03 bits per heavy atom. The molecule has 1 aliphatic heterocycles. The van der Waals surface area contributed by atoms with E-state index in [2.05, 4.69) is 138 Å². The summed E-state index contributed by atoms with van der Waals surface area (Å²) in [5, 5.41) is 4.54. The molecule has 0 spiro atoms. The van der Waals surface area contributed by atoms with Gasteiger partial charge in [0.25, 0.3) is 0 Å². The van der Waals surface area contributed by atoms with E-state index in [0.29, 0.717) is 6.54 Å². The first-order valence-electron chi connectivity index (χ1n) is 12.9. The van der Waals surface area contributed by atoms with Crippen molar-refractivity contribution in [3.8, 4) is 22.3 Å². The van der Waals surface area contributed by atoms with Crippen LogP contribution in [0, 0.1) is 0 Å². The van der Waals surface area contributed by atoms with E-state index in [4.69, 9.17) is 4.42 Å². The number of rotatable bonds is 5. The van der Waals surface area contributed by atoms with E-state index in [-0.39, 0.29) is 0 Å². The predicted molar refractivity (Wildman–Crippen MR) is 159 cm³/mol. The summed E-state index contributed by atoms with van der Waals surface area (Å²) in [6.07, 6.45) is 2.25. The molecule has 1 N–H and O–H groups in total. The maximum Gasteiger partial charge on any atom is 0.203 e. The van der Waals surface area contributed by atoms with E-state index in [0.717, 1.165) is 39.5 Å². The lowest BCUT2D eigenvalue weighted by Crippen LogP contribution is -2.20. The van der Waals surface area contributed by atoms with Gasteiger partial charge < -0.3 is 14.6 Å². The topological polar surface area (TPSA) is 28.4 Å². The standard InChI is InChI=1S/C35H26N2O/c1-3-9-25(10-4-1)27-15-19-29(20-16-27)37(30-21-17-28(18-22-30)26-11-5-2-6-12-26)32-23-24-36-35-34(32)31-13-7-8-14-33(31)38-35/h1-23,36H,24H2. The molecular formula is C35H26N2O. The van der Waals surface area contributed by atoms with Crippen LogP contribution in [0.2, 0.25) is 0 Å². The summed E-state index contributed by atoms with van der Waals surface area (Å²) in [7, 11) is 0. The molecule has 6 aromatic rings. The number of furan rings is 1. The van der Waals surface area contributed by atoms with E-state index in [1.54, 1.807) is 0 Å². The van der Waals surface area contributed by atoms with Crippen LogP contribution >= 0.6 is 0 Å². The lowest BCUT2D eigenvalue weighted by atomic mass is 10.0. The number of hydrogen-bond acceptors (Lipinski definition) is 3. The lowest BCUT2D eigenvalue weighted by Gasteiger charge is -2.30. The molecule has 182 valence electrons. The van der Waals surface area contributed by atoms with Gasteiger partial charge in [-0.3, -0.25) is 0 Å². The fourth-order valence-corrected chi connectivity index (χ4v) is 5.26. The fraction of sp³-hybridized carbons (Fsp3) is 0.0286. The molecule has 0 saturated carbocycles. The fourth-order valence-electron chi connectivity index (χ4n) is 5.26. The molecule has 0 atom stereocenters. The summed E-state index contributed by atoms with van der Waals surface area (Å²) in [6, 6.07) is 46.9. The second-order valence-electron chi connectivity index (χ2n) is 9.43. The van der Waals surface area contributed by atoms with Gasteiger partial charge in [-0.15, -0.1) is 0 Å². The van der Waals surface area contributed by atoms with Crippen molar-refractivity contribution in [1.82, 2.24) is 0 Å². The van der Waals surface area contributed by atoms with E-state index < -0.39 is 0 Å². The smallest absolute Gasteiger partial charge is 0.203 e. The van der Waals surface area contributed by atoms with E-state index in [1.165, 1.54) is 22.3 Å². The number of hydrogen-bond donors (Lipinski definition) is 1. The van der Waals surface area contributed by atoms with Crippen LogP contribution in [-0.4, -0.2) is 6.54 Å². The average molecular weight is 491 g/mol. The largest absolute Gasteiger partial charge is 0.440 e. The molecule has 5 aromatic carbocycles. The first-order valence-corrected chi connectivity index (χ1v) is 12.9. The molecule has 7 rings (SSSR count). The summed E-state index contributed by atoms with van der Waals surface area (Å²) in [4.78, 5) is 2.34. The molecule has 1 aliphatic rings. The Labute approximate surface area is 222 Å². The Kier molecular flexibility index (Phi) is 5.52. The molecule has 0 unspecified atom stereocenters. The third-order valence-corrected chi connectivity index (χ3v) is 7.12. The highest BCUT2D eigenvalue weighted by molar-refractivity contribution is 6.03. The Balaban J connectivity index is 1.36. The highest BCUT2D eigenvalue weighted by Crippen LogP contribution is 2.44. The predicted octanol–water partition coefficient (Wildman–Crippen LogP) is 9.37. The third-order valence-electron chi connectivity index (χ3n) is 7.12. The van der Waals surface area contributed by atoms with Crippen molar-refractivity contribution >= 4 is 33.9 Å². The number of anilines is 3. The molecular weight excluding hydrogens is 464 g/mol. The Morgan fingerprint density at radius 3 is 1.61 bits per heavy atom. The summed E-state index contributed by atoms with van der Waals surface area (Å²) in [5.41, 5.74) is 10.1. The van der Waals surface area contributed by atoms with Crippen LogP contribution in [-0.2, 0) is 0 Å². The van der Waals surface area contributed by atoms with Crippen molar-refractivity contribution in [1.29, 1.82) is 0 Å². The molecule has 0 amide bonds. The number of fused-ring (bicyclic) bond motifs is 3. The first-order chi connectivity index (χ1) is 18.8. The van der Waals surface area contributed by atoms with Crippen molar-refractivity contribution in [3.05, 3.63) is 145 Å². The van der Waals surface area contributed by atoms with Gasteiger partial charge in [0.15, 0.2) is 0 Å². The zero-order valence-electron chi connectivity index (χ0n) is 20.8. The van der Waals surface area contributed by atoms with Crippen molar-refractivity contribution in [2.75, 3.05) is 16.8 Å². The van der Waals surface area contributed by atoms with E-state index in [9.17, 15) is 0 Å². The van der Waals surface area contributed by atoms with Crippen LogP contribution in [0.15, 0.2) is 144 Å². The van der Waals surface area contributed by atoms with Crippen molar-refractivity contribution in [2.45, 2.75) is 0 Å². The number of para-hydroxylation sites is 1. The van der Waals surface area contributed by atoms with Gasteiger partial charge in [-0.05, 0) is 58.7 Å². The van der Waals surface area contributed by atoms with Gasteiger partial charge in [-0.25, -0.2) is 0 Å². The Hall–Kier alpha value is -5.02. The minimum atomic E-state index is 0.697. The second kappa shape index (κ2) is 9.45. The molecule has 38 heavy (non-hydrogen) atoms. The van der Waals surface area contributed by atoms with Crippen LogP contribution in [0.1, 0.15) is 5.56 Å². The monoisotopic (exact) mass is 490 g/mol. The zero-order chi connectivity index (χ0) is 25.3. The molecule has 2 heterocycles. The van der Waals surface area contributed by atoms with Gasteiger partial charge in [-0.1, -0.05) is 103 Å². The minimum absolute atomic E-state index is 0.697. The quantitative estimate of drug-likeness (QED) is 0.261. The second-order valence-corrected chi connectivity index (χ2v) is 9.43. The van der Waals surface area contributed by atoms with Gasteiger partial charge in [0, 0.05) is 23.3 Å². The molecule has 1 aromatic heterocycles. The van der Waals surface area contributed by atoms with E-state index in [1.807, 2.05) is 12.1 Å². The molecule has 0 aliphatic carbocycles. The summed E-state index contributed by atoms with van der Waals surface area (Å²) < 4.78 is 6.22. The molecule has 0 saturated heterocycles. The maximum atomic E-state index is 6.22. The van der Waals surface area contributed by atoms with Crippen LogP contribution in [0.3, 0.4) is 0 Å². The summed E-state index contributed by atoms with van der Waals surface area (Å²) in [6.45, 7) is 0.697. The normalized spacial score (nSPS) is 12.5. The number of nitrogens with zero attached hydrogens (tertiary/aromatic N) is 1. The van der Waals surface area contributed by atoms with Gasteiger partial charge in [-0.2, -0.15) is 0 Å². The van der Waals surface area contributed by atoms with Gasteiger partial charge >= 0.3 is 0 Å². The maximum absolute atomic E-state index is 6.22. The van der Waals surface area contributed by atoms with Crippen molar-refractivity contribution in [3.63, 3.8) is 0 Å². The van der Waals surface area contributed by atoms with Gasteiger partial charge in [0.05, 0.1) is 11.3 Å². The number of benzene rings is 5. The van der Waals surface area contributed by atoms with Crippen LogP contribution in [0.25, 0.3) is 38.9 Å². The van der Waals surface area contributed by atoms with Crippen LogP contribution in [0.4, 0.5) is 17.3 Å². The highest BCUT2D eigenvalue weighted by atomic mass is 16.3. The third kappa shape index (κ3) is 3.95. The summed E-state index contributed by atoms with van der Waals surface area (Å²) in [5.74, 6) is 0.815. The minimum Gasteiger partial charge on any atom is -0.440 e. The van der Waals surface area contributed by atoms with Crippen molar-refractivity contribution in [2.24, 2.45) is 0 Å². The average Bonchev–Trinajstić information content (AvgIpc) is 3.38. The number of nitrogens with one attached hydrogen (secondary N) is 1. The zero-order valence-corrected chi connectivity index (χ0v) is 20.8.